The Morgan fingerprint density at radius 2 is 1.76 bits per heavy atom. The Morgan fingerprint density at radius 3 is 2.38 bits per heavy atom. The standard InChI is InChI=1S/C26H29ClN2O4S/c1-31-21-13-18(14-22(32-2)24(21)33-3)26(10-6-7-11-26)16-28-25(30)20-15-34-23(29-20)12-17-8-4-5-9-19(17)27/h4-5,8-9,13-15H,6-7,10-12,16H2,1-3H3,(H,28,30). The summed E-state index contributed by atoms with van der Waals surface area (Å²) < 4.78 is 16.6. The maximum atomic E-state index is 13.0. The number of hydrogen-bond acceptors (Lipinski definition) is 6. The van der Waals surface area contributed by atoms with E-state index >= 15 is 0 Å². The van der Waals surface area contributed by atoms with Crippen molar-refractivity contribution in [3.8, 4) is 17.2 Å². The van der Waals surface area contributed by atoms with Crippen LogP contribution in [0.5, 0.6) is 17.2 Å². The van der Waals surface area contributed by atoms with Gasteiger partial charge in [0.25, 0.3) is 5.91 Å². The summed E-state index contributed by atoms with van der Waals surface area (Å²) in [6, 6.07) is 11.7. The quantitative estimate of drug-likeness (QED) is 0.411. The van der Waals surface area contributed by atoms with Crippen LogP contribution in [0, 0.1) is 0 Å². The van der Waals surface area contributed by atoms with Crippen molar-refractivity contribution in [2.24, 2.45) is 0 Å². The van der Waals surface area contributed by atoms with Crippen LogP contribution in [0.25, 0.3) is 0 Å². The van der Waals surface area contributed by atoms with Crippen molar-refractivity contribution in [1.29, 1.82) is 0 Å². The molecule has 0 atom stereocenters. The van der Waals surface area contributed by atoms with Crippen LogP contribution in [0.2, 0.25) is 5.02 Å². The summed E-state index contributed by atoms with van der Waals surface area (Å²) in [6.45, 7) is 0.516. The van der Waals surface area contributed by atoms with Crippen LogP contribution in [0.3, 0.4) is 0 Å². The average Bonchev–Trinajstić information content (AvgIpc) is 3.53. The first-order valence-electron chi connectivity index (χ1n) is 11.3. The Kier molecular flexibility index (Phi) is 7.63. The first-order chi connectivity index (χ1) is 16.5. The van der Waals surface area contributed by atoms with Crippen LogP contribution >= 0.6 is 22.9 Å². The van der Waals surface area contributed by atoms with Crippen molar-refractivity contribution >= 4 is 28.8 Å². The Balaban J connectivity index is 1.51. The van der Waals surface area contributed by atoms with Gasteiger partial charge in [0.1, 0.15) is 5.69 Å². The summed E-state index contributed by atoms with van der Waals surface area (Å²) >= 11 is 7.74. The molecule has 1 amide bonds. The van der Waals surface area contributed by atoms with Gasteiger partial charge in [-0.2, -0.15) is 0 Å². The molecule has 2 aromatic carbocycles. The van der Waals surface area contributed by atoms with Gasteiger partial charge in [0.2, 0.25) is 5.75 Å². The second kappa shape index (κ2) is 10.7. The smallest absolute Gasteiger partial charge is 0.270 e. The molecular weight excluding hydrogens is 472 g/mol. The number of ether oxygens (including phenoxy) is 3. The first kappa shape index (κ1) is 24.4. The zero-order chi connectivity index (χ0) is 24.1. The monoisotopic (exact) mass is 500 g/mol. The van der Waals surface area contributed by atoms with E-state index in [0.717, 1.165) is 41.8 Å². The Morgan fingerprint density at radius 1 is 1.09 bits per heavy atom. The third-order valence-electron chi connectivity index (χ3n) is 6.51. The lowest BCUT2D eigenvalue weighted by atomic mass is 9.78. The minimum absolute atomic E-state index is 0.166. The number of halogens is 1. The molecule has 1 heterocycles. The molecule has 1 saturated carbocycles. The Labute approximate surface area is 209 Å². The molecule has 1 aromatic heterocycles. The van der Waals surface area contributed by atoms with Gasteiger partial charge >= 0.3 is 0 Å². The van der Waals surface area contributed by atoms with Gasteiger partial charge in [0.05, 0.1) is 26.3 Å². The van der Waals surface area contributed by atoms with E-state index in [9.17, 15) is 4.79 Å². The SMILES string of the molecule is COc1cc(C2(CNC(=O)c3csc(Cc4ccccc4Cl)n3)CCCC2)cc(OC)c1OC. The van der Waals surface area contributed by atoms with E-state index in [1.807, 2.05) is 41.8 Å². The highest BCUT2D eigenvalue weighted by molar-refractivity contribution is 7.09. The van der Waals surface area contributed by atoms with Crippen LogP contribution in [0.15, 0.2) is 41.8 Å². The third kappa shape index (κ3) is 5.00. The van der Waals surface area contributed by atoms with Crippen molar-refractivity contribution in [2.75, 3.05) is 27.9 Å². The van der Waals surface area contributed by atoms with Crippen molar-refractivity contribution in [3.63, 3.8) is 0 Å². The number of amides is 1. The molecule has 0 radical (unpaired) electrons. The summed E-state index contributed by atoms with van der Waals surface area (Å²) in [5.74, 6) is 1.65. The Hall–Kier alpha value is -2.77. The number of thiazole rings is 1. The summed E-state index contributed by atoms with van der Waals surface area (Å²) in [7, 11) is 4.83. The fraction of sp³-hybridized carbons (Fsp3) is 0.385. The van der Waals surface area contributed by atoms with Gasteiger partial charge in [0.15, 0.2) is 11.5 Å². The van der Waals surface area contributed by atoms with E-state index in [2.05, 4.69) is 10.3 Å². The molecule has 180 valence electrons. The van der Waals surface area contributed by atoms with Gasteiger partial charge < -0.3 is 19.5 Å². The van der Waals surface area contributed by atoms with Gasteiger partial charge in [-0.25, -0.2) is 4.98 Å². The number of rotatable bonds is 9. The van der Waals surface area contributed by atoms with Crippen molar-refractivity contribution in [2.45, 2.75) is 37.5 Å². The van der Waals surface area contributed by atoms with E-state index in [-0.39, 0.29) is 11.3 Å². The Bertz CT molecular complexity index is 1130. The van der Waals surface area contributed by atoms with Gasteiger partial charge in [-0.15, -0.1) is 11.3 Å². The topological polar surface area (TPSA) is 69.7 Å². The zero-order valence-corrected chi connectivity index (χ0v) is 21.2. The number of carbonyl (C=O) groups is 1. The van der Waals surface area contributed by atoms with Gasteiger partial charge in [-0.1, -0.05) is 42.6 Å². The maximum Gasteiger partial charge on any atom is 0.270 e. The highest BCUT2D eigenvalue weighted by atomic mass is 35.5. The summed E-state index contributed by atoms with van der Waals surface area (Å²) in [6.07, 6.45) is 4.75. The molecule has 6 nitrogen and oxygen atoms in total. The molecule has 8 heteroatoms. The number of benzene rings is 2. The predicted octanol–water partition coefficient (Wildman–Crippen LogP) is 5.65. The fourth-order valence-corrected chi connectivity index (χ4v) is 5.65. The number of methoxy groups -OCH3 is 3. The van der Waals surface area contributed by atoms with E-state index < -0.39 is 0 Å². The molecular formula is C26H29ClN2O4S. The molecule has 1 aliphatic carbocycles. The molecule has 1 fully saturated rings. The van der Waals surface area contributed by atoms with Crippen LogP contribution in [0.1, 0.15) is 52.3 Å². The van der Waals surface area contributed by atoms with Crippen LogP contribution in [-0.4, -0.2) is 38.8 Å². The fourth-order valence-electron chi connectivity index (χ4n) is 4.65. The number of hydrogen-bond donors (Lipinski definition) is 1. The maximum absolute atomic E-state index is 13.0. The van der Waals surface area contributed by atoms with Crippen LogP contribution in [0.4, 0.5) is 0 Å². The van der Waals surface area contributed by atoms with Gasteiger partial charge in [-0.3, -0.25) is 4.79 Å². The normalized spacial score (nSPS) is 14.6. The van der Waals surface area contributed by atoms with E-state index in [4.69, 9.17) is 25.8 Å². The van der Waals surface area contributed by atoms with Crippen molar-refractivity contribution in [3.05, 3.63) is 68.6 Å². The minimum atomic E-state index is -0.196. The van der Waals surface area contributed by atoms with E-state index in [1.54, 1.807) is 21.3 Å². The largest absolute Gasteiger partial charge is 0.493 e. The number of carbonyl (C=O) groups excluding carboxylic acids is 1. The highest BCUT2D eigenvalue weighted by Crippen LogP contribution is 2.47. The zero-order valence-electron chi connectivity index (χ0n) is 19.7. The number of aromatic nitrogens is 1. The van der Waals surface area contributed by atoms with E-state index in [1.165, 1.54) is 11.3 Å². The molecule has 4 rings (SSSR count). The minimum Gasteiger partial charge on any atom is -0.493 e. The average molecular weight is 501 g/mol. The molecule has 0 bridgehead atoms. The summed E-state index contributed by atoms with van der Waals surface area (Å²) in [5, 5.41) is 6.51. The molecule has 0 saturated heterocycles. The summed E-state index contributed by atoms with van der Waals surface area (Å²) in [4.78, 5) is 17.5. The second-order valence-corrected chi connectivity index (χ2v) is 9.83. The van der Waals surface area contributed by atoms with Gasteiger partial charge in [0, 0.05) is 28.8 Å². The lowest BCUT2D eigenvalue weighted by molar-refractivity contribution is 0.0938. The lowest BCUT2D eigenvalue weighted by Gasteiger charge is -2.31. The molecule has 34 heavy (non-hydrogen) atoms. The number of nitrogens with one attached hydrogen (secondary N) is 1. The molecule has 0 unspecified atom stereocenters. The van der Waals surface area contributed by atoms with Gasteiger partial charge in [-0.05, 0) is 42.2 Å². The first-order valence-corrected chi connectivity index (χ1v) is 12.5. The van der Waals surface area contributed by atoms with Crippen LogP contribution in [-0.2, 0) is 11.8 Å². The molecule has 3 aromatic rings. The molecule has 0 spiro atoms. The lowest BCUT2D eigenvalue weighted by Crippen LogP contribution is -2.39. The molecule has 0 aliphatic heterocycles. The highest BCUT2D eigenvalue weighted by Gasteiger charge is 2.37. The molecule has 1 aliphatic rings. The predicted molar refractivity (Wildman–Crippen MR) is 135 cm³/mol. The van der Waals surface area contributed by atoms with Crippen molar-refractivity contribution in [1.82, 2.24) is 10.3 Å². The van der Waals surface area contributed by atoms with Crippen molar-refractivity contribution < 1.29 is 19.0 Å². The van der Waals surface area contributed by atoms with Crippen LogP contribution < -0.4 is 19.5 Å². The third-order valence-corrected chi connectivity index (χ3v) is 7.73. The van der Waals surface area contributed by atoms with E-state index in [0.29, 0.717) is 40.9 Å². The summed E-state index contributed by atoms with van der Waals surface area (Å²) in [5.41, 5.74) is 2.32. The second-order valence-electron chi connectivity index (χ2n) is 8.48. The number of nitrogens with zero attached hydrogens (tertiary/aromatic N) is 1. The molecule has 1 N–H and O–H groups in total.